The molecular weight excluding hydrogens is 208 g/mol. The lowest BCUT2D eigenvalue weighted by molar-refractivity contribution is -0.121. The number of rotatable bonds is 2. The molecule has 0 aliphatic carbocycles. The summed E-state index contributed by atoms with van der Waals surface area (Å²) in [6.07, 6.45) is 1.96. The van der Waals surface area contributed by atoms with Gasteiger partial charge in [-0.1, -0.05) is 0 Å². The van der Waals surface area contributed by atoms with Crippen molar-refractivity contribution in [3.63, 3.8) is 0 Å². The highest BCUT2D eigenvalue weighted by molar-refractivity contribution is 5.69. The van der Waals surface area contributed by atoms with Crippen molar-refractivity contribution in [2.24, 2.45) is 0 Å². The average Bonchev–Trinajstić information content (AvgIpc) is 2.62. The van der Waals surface area contributed by atoms with Crippen LogP contribution in [0.4, 0.5) is 4.79 Å². The summed E-state index contributed by atoms with van der Waals surface area (Å²) in [6.45, 7) is 6.15. The number of nitrogens with zero attached hydrogens (tertiary/aromatic N) is 2. The molecule has 1 unspecified atom stereocenters. The van der Waals surface area contributed by atoms with Gasteiger partial charge < -0.3 is 9.64 Å². The van der Waals surface area contributed by atoms with E-state index in [-0.39, 0.29) is 12.3 Å². The van der Waals surface area contributed by atoms with Gasteiger partial charge in [-0.25, -0.2) is 4.79 Å². The monoisotopic (exact) mass is 228 g/mol. The van der Waals surface area contributed by atoms with Crippen molar-refractivity contribution in [2.75, 3.05) is 13.6 Å². The first-order chi connectivity index (χ1) is 7.35. The second kappa shape index (κ2) is 4.72. The molecule has 1 rings (SSSR count). The first-order valence-electron chi connectivity index (χ1n) is 5.52. The van der Waals surface area contributed by atoms with E-state index in [4.69, 9.17) is 4.74 Å². The second-order valence-electron chi connectivity index (χ2n) is 5.07. The summed E-state index contributed by atoms with van der Waals surface area (Å²) in [6, 6.07) is 0. The van der Waals surface area contributed by atoms with Crippen LogP contribution < -0.4 is 0 Å². The number of carbonyl (C=O) groups is 2. The van der Waals surface area contributed by atoms with Crippen molar-refractivity contribution in [1.82, 2.24) is 9.80 Å². The molecule has 1 fully saturated rings. The Hall–Kier alpha value is -1.26. The van der Waals surface area contributed by atoms with Gasteiger partial charge in [0.15, 0.2) is 0 Å². The number of ether oxygens (including phenoxy) is 1. The zero-order valence-corrected chi connectivity index (χ0v) is 10.4. The van der Waals surface area contributed by atoms with Gasteiger partial charge in [0.1, 0.15) is 11.8 Å². The average molecular weight is 228 g/mol. The molecule has 0 bridgehead atoms. The van der Waals surface area contributed by atoms with E-state index in [0.717, 1.165) is 19.3 Å². The molecule has 0 N–H and O–H groups in total. The molecule has 5 nitrogen and oxygen atoms in total. The topological polar surface area (TPSA) is 49.9 Å². The summed E-state index contributed by atoms with van der Waals surface area (Å²) in [5, 5.41) is 0. The minimum atomic E-state index is -0.496. The number of likely N-dealkylation sites (tertiary alicyclic amines) is 1. The Kier molecular flexibility index (Phi) is 3.78. The van der Waals surface area contributed by atoms with E-state index in [9.17, 15) is 9.59 Å². The van der Waals surface area contributed by atoms with Gasteiger partial charge in [0.05, 0.1) is 0 Å². The molecule has 1 aliphatic heterocycles. The van der Waals surface area contributed by atoms with Gasteiger partial charge in [-0.15, -0.1) is 0 Å². The molecule has 0 radical (unpaired) electrons. The van der Waals surface area contributed by atoms with E-state index >= 15 is 0 Å². The zero-order chi connectivity index (χ0) is 12.3. The smallest absolute Gasteiger partial charge is 0.411 e. The summed E-state index contributed by atoms with van der Waals surface area (Å²) in [5.74, 6) is 0. The molecule has 1 saturated heterocycles. The third kappa shape index (κ3) is 3.12. The Morgan fingerprint density at radius 2 is 2.12 bits per heavy atom. The van der Waals surface area contributed by atoms with Crippen LogP contribution in [0, 0.1) is 0 Å². The Bertz CT molecular complexity index is 273. The molecule has 1 heterocycles. The molecule has 0 spiro atoms. The molecule has 2 amide bonds. The van der Waals surface area contributed by atoms with E-state index in [2.05, 4.69) is 0 Å². The predicted molar refractivity (Wildman–Crippen MR) is 59.8 cm³/mol. The lowest BCUT2D eigenvalue weighted by Gasteiger charge is -2.31. The maximum atomic E-state index is 11.9. The Labute approximate surface area is 96.3 Å². The number of hydrogen-bond acceptors (Lipinski definition) is 3. The van der Waals surface area contributed by atoms with Gasteiger partial charge >= 0.3 is 6.09 Å². The molecule has 1 aliphatic rings. The minimum Gasteiger partial charge on any atom is -0.444 e. The molecule has 16 heavy (non-hydrogen) atoms. The van der Waals surface area contributed by atoms with Crippen molar-refractivity contribution in [2.45, 2.75) is 45.4 Å². The van der Waals surface area contributed by atoms with Crippen LogP contribution in [0.2, 0.25) is 0 Å². The summed E-state index contributed by atoms with van der Waals surface area (Å²) in [7, 11) is 1.68. The summed E-state index contributed by atoms with van der Waals surface area (Å²) in [4.78, 5) is 25.7. The lowest BCUT2D eigenvalue weighted by atomic mass is 10.2. The van der Waals surface area contributed by atoms with Gasteiger partial charge in [0.2, 0.25) is 6.41 Å². The van der Waals surface area contributed by atoms with Crippen LogP contribution in [0.5, 0.6) is 0 Å². The van der Waals surface area contributed by atoms with Gasteiger partial charge in [-0.05, 0) is 33.6 Å². The largest absolute Gasteiger partial charge is 0.444 e. The van der Waals surface area contributed by atoms with Crippen molar-refractivity contribution in [3.05, 3.63) is 0 Å². The normalized spacial score (nSPS) is 20.8. The molecule has 1 atom stereocenters. The first kappa shape index (κ1) is 12.8. The standard InChI is InChI=1S/C11H20N2O3/c1-11(2,3)16-10(15)13-7-5-6-9(13)12(4)8-14/h8-9H,5-7H2,1-4H3. The number of carbonyl (C=O) groups excluding carboxylic acids is 2. The highest BCUT2D eigenvalue weighted by Crippen LogP contribution is 2.21. The highest BCUT2D eigenvalue weighted by atomic mass is 16.6. The summed E-state index contributed by atoms with van der Waals surface area (Å²) < 4.78 is 5.29. The molecule has 0 aromatic heterocycles. The van der Waals surface area contributed by atoms with Crippen LogP contribution in [-0.4, -0.2) is 47.7 Å². The van der Waals surface area contributed by atoms with Gasteiger partial charge in [-0.2, -0.15) is 0 Å². The van der Waals surface area contributed by atoms with E-state index in [1.807, 2.05) is 20.8 Å². The van der Waals surface area contributed by atoms with Crippen LogP contribution >= 0.6 is 0 Å². The van der Waals surface area contributed by atoms with E-state index < -0.39 is 5.60 Å². The lowest BCUT2D eigenvalue weighted by Crippen LogP contribution is -2.46. The van der Waals surface area contributed by atoms with Crippen molar-refractivity contribution in [3.8, 4) is 0 Å². The van der Waals surface area contributed by atoms with Crippen LogP contribution in [-0.2, 0) is 9.53 Å². The quantitative estimate of drug-likeness (QED) is 0.672. The highest BCUT2D eigenvalue weighted by Gasteiger charge is 2.34. The Balaban J connectivity index is 2.64. The Morgan fingerprint density at radius 3 is 2.62 bits per heavy atom. The van der Waals surface area contributed by atoms with Crippen molar-refractivity contribution >= 4 is 12.5 Å². The fraction of sp³-hybridized carbons (Fsp3) is 0.818. The third-order valence-electron chi connectivity index (χ3n) is 2.49. The van der Waals surface area contributed by atoms with Gasteiger partial charge in [0.25, 0.3) is 0 Å². The van der Waals surface area contributed by atoms with E-state index in [1.54, 1.807) is 11.9 Å². The third-order valence-corrected chi connectivity index (χ3v) is 2.49. The van der Waals surface area contributed by atoms with E-state index in [0.29, 0.717) is 6.54 Å². The molecule has 5 heteroatoms. The Morgan fingerprint density at radius 1 is 1.50 bits per heavy atom. The molecule has 0 aromatic rings. The predicted octanol–water partition coefficient (Wildman–Crippen LogP) is 1.43. The zero-order valence-electron chi connectivity index (χ0n) is 10.4. The number of hydrogen-bond donors (Lipinski definition) is 0. The van der Waals surface area contributed by atoms with Gasteiger partial charge in [-0.3, -0.25) is 9.69 Å². The minimum absolute atomic E-state index is 0.160. The molecule has 0 saturated carbocycles. The summed E-state index contributed by atoms with van der Waals surface area (Å²) in [5.41, 5.74) is -0.496. The van der Waals surface area contributed by atoms with E-state index in [1.165, 1.54) is 4.90 Å². The van der Waals surface area contributed by atoms with Crippen LogP contribution in [0.1, 0.15) is 33.6 Å². The first-order valence-corrected chi connectivity index (χ1v) is 5.52. The van der Waals surface area contributed by atoms with Crippen LogP contribution in [0.3, 0.4) is 0 Å². The fourth-order valence-electron chi connectivity index (χ4n) is 1.78. The molecule has 0 aromatic carbocycles. The summed E-state index contributed by atoms with van der Waals surface area (Å²) >= 11 is 0. The van der Waals surface area contributed by atoms with Crippen molar-refractivity contribution in [1.29, 1.82) is 0 Å². The van der Waals surface area contributed by atoms with Crippen LogP contribution in [0.25, 0.3) is 0 Å². The SMILES string of the molecule is CN(C=O)C1CCCN1C(=O)OC(C)(C)C. The second-order valence-corrected chi connectivity index (χ2v) is 5.07. The maximum absolute atomic E-state index is 11.9. The maximum Gasteiger partial charge on any atom is 0.411 e. The molecule has 92 valence electrons. The van der Waals surface area contributed by atoms with Crippen molar-refractivity contribution < 1.29 is 14.3 Å². The molecular formula is C11H20N2O3. The van der Waals surface area contributed by atoms with Gasteiger partial charge in [0, 0.05) is 13.6 Å². The van der Waals surface area contributed by atoms with Crippen LogP contribution in [0.15, 0.2) is 0 Å². The number of amides is 2. The fourth-order valence-corrected chi connectivity index (χ4v) is 1.78.